The van der Waals surface area contributed by atoms with E-state index in [9.17, 15) is 13.2 Å². The molecule has 2 rings (SSSR count). The van der Waals surface area contributed by atoms with Crippen LogP contribution in [0.4, 0.5) is 4.79 Å². The van der Waals surface area contributed by atoms with E-state index >= 15 is 0 Å². The largest absolute Gasteiger partial charge is 0.449 e. The van der Waals surface area contributed by atoms with Gasteiger partial charge in [0.15, 0.2) is 0 Å². The molecular formula is C26H40N2O4S2. The summed E-state index contributed by atoms with van der Waals surface area (Å²) in [7, 11) is -4.06. The highest BCUT2D eigenvalue weighted by molar-refractivity contribution is 7.92. The molecule has 2 N–H and O–H groups in total. The van der Waals surface area contributed by atoms with Crippen LogP contribution in [0.2, 0.25) is 0 Å². The lowest BCUT2D eigenvalue weighted by molar-refractivity contribution is 0.151. The molecule has 1 amide bonds. The van der Waals surface area contributed by atoms with E-state index in [1.54, 1.807) is 0 Å². The molecule has 1 aromatic heterocycles. The summed E-state index contributed by atoms with van der Waals surface area (Å²) < 4.78 is 33.6. The highest BCUT2D eigenvalue weighted by Crippen LogP contribution is 2.36. The Morgan fingerprint density at radius 2 is 1.82 bits per heavy atom. The summed E-state index contributed by atoms with van der Waals surface area (Å²) in [5.74, 6) is 0.383. The summed E-state index contributed by atoms with van der Waals surface area (Å²) in [6.07, 6.45) is 4.88. The van der Waals surface area contributed by atoms with Crippen molar-refractivity contribution in [2.24, 2.45) is 5.92 Å². The third-order valence-corrected chi connectivity index (χ3v) is 8.44. The molecule has 1 atom stereocenters. The van der Waals surface area contributed by atoms with Gasteiger partial charge in [-0.15, -0.1) is 11.3 Å². The summed E-state index contributed by atoms with van der Waals surface area (Å²) >= 11 is 1.22. The van der Waals surface area contributed by atoms with Crippen LogP contribution in [0.5, 0.6) is 0 Å². The second-order valence-electron chi connectivity index (χ2n) is 9.23. The summed E-state index contributed by atoms with van der Waals surface area (Å²) in [6.45, 7) is 11.5. The Kier molecular flexibility index (Phi) is 11.5. The molecule has 0 fully saturated rings. The molecule has 0 aliphatic rings. The number of ether oxygens (including phenoxy) is 1. The van der Waals surface area contributed by atoms with Crippen molar-refractivity contribution in [3.05, 3.63) is 40.8 Å². The van der Waals surface area contributed by atoms with E-state index in [2.05, 4.69) is 37.7 Å². The summed E-state index contributed by atoms with van der Waals surface area (Å²) in [5.41, 5.74) is 2.54. The fraction of sp³-hybridized carbons (Fsp3) is 0.577. The predicted molar refractivity (Wildman–Crippen MR) is 141 cm³/mol. The van der Waals surface area contributed by atoms with Crippen molar-refractivity contribution < 1.29 is 17.9 Å². The van der Waals surface area contributed by atoms with Crippen LogP contribution < -0.4 is 10.0 Å². The molecule has 2 aromatic rings. The average Bonchev–Trinajstić information content (AvgIpc) is 3.20. The minimum atomic E-state index is -4.06. The van der Waals surface area contributed by atoms with Crippen molar-refractivity contribution in [2.45, 2.75) is 89.9 Å². The monoisotopic (exact) mass is 508 g/mol. The number of rotatable bonds is 14. The van der Waals surface area contributed by atoms with Crippen LogP contribution in [0.3, 0.4) is 0 Å². The van der Waals surface area contributed by atoms with Crippen LogP contribution in [0.15, 0.2) is 34.5 Å². The highest BCUT2D eigenvalue weighted by atomic mass is 32.2. The molecule has 1 aromatic carbocycles. The molecule has 0 aliphatic heterocycles. The van der Waals surface area contributed by atoms with E-state index in [1.807, 2.05) is 37.3 Å². The van der Waals surface area contributed by atoms with Crippen LogP contribution in [0.25, 0.3) is 11.1 Å². The van der Waals surface area contributed by atoms with Crippen molar-refractivity contribution in [1.29, 1.82) is 0 Å². The first-order valence-corrected chi connectivity index (χ1v) is 14.6. The van der Waals surface area contributed by atoms with Gasteiger partial charge in [0.05, 0.1) is 6.61 Å². The minimum absolute atomic E-state index is 0.150. The van der Waals surface area contributed by atoms with Gasteiger partial charge in [-0.2, -0.15) is 0 Å². The fourth-order valence-corrected chi connectivity index (χ4v) is 6.42. The van der Waals surface area contributed by atoms with Gasteiger partial charge in [0.1, 0.15) is 4.21 Å². The number of carbonyl (C=O) groups excluding carboxylic acids is 1. The van der Waals surface area contributed by atoms with Gasteiger partial charge in [0.2, 0.25) is 0 Å². The summed E-state index contributed by atoms with van der Waals surface area (Å²) in [5, 5.41) is 3.55. The zero-order valence-electron chi connectivity index (χ0n) is 21.1. The molecule has 0 bridgehead atoms. The smallest absolute Gasteiger partial charge is 0.421 e. The van der Waals surface area contributed by atoms with E-state index in [4.69, 9.17) is 4.74 Å². The Balaban J connectivity index is 2.30. The minimum Gasteiger partial charge on any atom is -0.449 e. The SMILES string of the molecule is CCCCOC(=O)NS(=O)(=O)c1sc(CC(C)C)cc1-c1cccc(CNC(C)CCCC)c1. The molecule has 0 spiro atoms. The molecule has 6 nitrogen and oxygen atoms in total. The van der Waals surface area contributed by atoms with Crippen LogP contribution >= 0.6 is 11.3 Å². The topological polar surface area (TPSA) is 84.5 Å². The molecule has 8 heteroatoms. The van der Waals surface area contributed by atoms with Crippen molar-refractivity contribution in [3.8, 4) is 11.1 Å². The maximum absolute atomic E-state index is 13.2. The Morgan fingerprint density at radius 3 is 2.50 bits per heavy atom. The van der Waals surface area contributed by atoms with Gasteiger partial charge >= 0.3 is 6.09 Å². The van der Waals surface area contributed by atoms with Crippen molar-refractivity contribution in [2.75, 3.05) is 6.61 Å². The van der Waals surface area contributed by atoms with Gasteiger partial charge in [0.25, 0.3) is 10.0 Å². The van der Waals surface area contributed by atoms with Crippen LogP contribution in [0, 0.1) is 5.92 Å². The van der Waals surface area contributed by atoms with E-state index in [0.29, 0.717) is 30.5 Å². The Morgan fingerprint density at radius 1 is 1.09 bits per heavy atom. The van der Waals surface area contributed by atoms with E-state index in [0.717, 1.165) is 35.3 Å². The second kappa shape index (κ2) is 13.9. The van der Waals surface area contributed by atoms with E-state index < -0.39 is 16.1 Å². The summed E-state index contributed by atoms with van der Waals surface area (Å²) in [6, 6.07) is 10.3. The predicted octanol–water partition coefficient (Wildman–Crippen LogP) is 6.50. The molecule has 1 heterocycles. The van der Waals surface area contributed by atoms with Gasteiger partial charge in [-0.3, -0.25) is 0 Å². The lowest BCUT2D eigenvalue weighted by Gasteiger charge is -2.14. The molecule has 190 valence electrons. The fourth-order valence-electron chi connectivity index (χ4n) is 3.58. The first kappa shape index (κ1) is 28.3. The molecule has 0 saturated carbocycles. The van der Waals surface area contributed by atoms with Crippen LogP contribution in [-0.2, 0) is 27.7 Å². The molecule has 0 saturated heterocycles. The van der Waals surface area contributed by atoms with Crippen molar-refractivity contribution in [1.82, 2.24) is 10.0 Å². The van der Waals surface area contributed by atoms with Crippen molar-refractivity contribution in [3.63, 3.8) is 0 Å². The van der Waals surface area contributed by atoms with Gasteiger partial charge in [-0.05, 0) is 55.4 Å². The van der Waals surface area contributed by atoms with E-state index in [-0.39, 0.29) is 10.8 Å². The standard InChI is InChI=1S/C26H40N2O4S2/c1-6-8-11-20(5)27-18-21-12-10-13-22(16-21)24-17-23(15-19(3)4)33-25(24)34(30,31)28-26(29)32-14-9-7-2/h10,12-13,16-17,19-20,27H,6-9,11,14-15,18H2,1-5H3,(H,28,29). The Hall–Kier alpha value is -1.90. The third-order valence-electron chi connectivity index (χ3n) is 5.43. The maximum atomic E-state index is 13.2. The van der Waals surface area contributed by atoms with E-state index in [1.165, 1.54) is 24.2 Å². The van der Waals surface area contributed by atoms with Crippen LogP contribution in [-0.4, -0.2) is 27.2 Å². The zero-order valence-corrected chi connectivity index (χ0v) is 22.8. The number of sulfonamides is 1. The van der Waals surface area contributed by atoms with Gasteiger partial charge < -0.3 is 10.1 Å². The van der Waals surface area contributed by atoms with Gasteiger partial charge in [-0.25, -0.2) is 17.9 Å². The lowest BCUT2D eigenvalue weighted by atomic mass is 10.0. The first-order valence-electron chi connectivity index (χ1n) is 12.3. The number of carbonyl (C=O) groups is 1. The number of amides is 1. The molecule has 1 unspecified atom stereocenters. The van der Waals surface area contributed by atoms with Gasteiger partial charge in [-0.1, -0.05) is 65.2 Å². The summed E-state index contributed by atoms with van der Waals surface area (Å²) in [4.78, 5) is 13.1. The number of thiophene rings is 1. The number of hydrogen-bond donors (Lipinski definition) is 2. The molecule has 0 radical (unpaired) electrons. The average molecular weight is 509 g/mol. The number of hydrogen-bond acceptors (Lipinski definition) is 6. The maximum Gasteiger partial charge on any atom is 0.421 e. The second-order valence-corrected chi connectivity index (χ2v) is 12.2. The quantitative estimate of drug-likeness (QED) is 0.285. The zero-order chi connectivity index (χ0) is 25.1. The molecular weight excluding hydrogens is 468 g/mol. The highest BCUT2D eigenvalue weighted by Gasteiger charge is 2.26. The Labute approximate surface area is 209 Å². The first-order chi connectivity index (χ1) is 16.2. The Bertz CT molecular complexity index is 1020. The lowest BCUT2D eigenvalue weighted by Crippen LogP contribution is -2.31. The molecule has 34 heavy (non-hydrogen) atoms. The third kappa shape index (κ3) is 9.04. The van der Waals surface area contributed by atoms with Gasteiger partial charge in [0, 0.05) is 23.0 Å². The normalized spacial score (nSPS) is 12.6. The number of unbranched alkanes of at least 4 members (excludes halogenated alkanes) is 2. The number of nitrogens with one attached hydrogen (secondary N) is 2. The number of benzene rings is 1. The van der Waals surface area contributed by atoms with Crippen molar-refractivity contribution >= 4 is 27.5 Å². The van der Waals surface area contributed by atoms with Crippen LogP contribution in [0.1, 0.15) is 77.2 Å². The molecule has 0 aliphatic carbocycles.